The van der Waals surface area contributed by atoms with Gasteiger partial charge in [-0.2, -0.15) is 0 Å². The lowest BCUT2D eigenvalue weighted by atomic mass is 9.75. The Hall–Kier alpha value is -1.36. The number of nitrogens with zero attached hydrogens (tertiary/aromatic N) is 2. The van der Waals surface area contributed by atoms with Crippen LogP contribution in [0.15, 0.2) is 4.52 Å². The Bertz CT molecular complexity index is 456. The van der Waals surface area contributed by atoms with Gasteiger partial charge in [0.15, 0.2) is 0 Å². The fourth-order valence-corrected chi connectivity index (χ4v) is 3.07. The fourth-order valence-electron chi connectivity index (χ4n) is 3.07. The molecule has 1 aromatic heterocycles. The number of hydrogen-bond donors (Lipinski definition) is 1. The highest BCUT2D eigenvalue weighted by atomic mass is 16.5. The zero-order valence-corrected chi connectivity index (χ0v) is 13.0. The lowest BCUT2D eigenvalue weighted by Crippen LogP contribution is -2.47. The SMILES string of the molecule is CCC1(C(=O)N(C)Cc2c(C)noc2C)CCNCC1. The van der Waals surface area contributed by atoms with Gasteiger partial charge in [-0.05, 0) is 46.2 Å². The molecule has 2 heterocycles. The number of carbonyl (C=O) groups excluding carboxylic acids is 1. The highest BCUT2D eigenvalue weighted by Gasteiger charge is 2.39. The first kappa shape index (κ1) is 15.0. The van der Waals surface area contributed by atoms with Gasteiger partial charge in [0.2, 0.25) is 5.91 Å². The first-order valence-corrected chi connectivity index (χ1v) is 7.38. The highest BCUT2D eigenvalue weighted by molar-refractivity contribution is 5.82. The zero-order chi connectivity index (χ0) is 14.8. The molecule has 112 valence electrons. The van der Waals surface area contributed by atoms with Crippen LogP contribution >= 0.6 is 0 Å². The van der Waals surface area contributed by atoms with E-state index >= 15 is 0 Å². The van der Waals surface area contributed by atoms with Crippen LogP contribution in [0.4, 0.5) is 0 Å². The van der Waals surface area contributed by atoms with Gasteiger partial charge in [-0.3, -0.25) is 4.79 Å². The fraction of sp³-hybridized carbons (Fsp3) is 0.733. The van der Waals surface area contributed by atoms with E-state index in [1.54, 1.807) is 0 Å². The summed E-state index contributed by atoms with van der Waals surface area (Å²) >= 11 is 0. The van der Waals surface area contributed by atoms with Gasteiger partial charge in [0.05, 0.1) is 17.7 Å². The molecule has 5 heteroatoms. The maximum Gasteiger partial charge on any atom is 0.228 e. The molecule has 1 amide bonds. The Labute approximate surface area is 120 Å². The zero-order valence-electron chi connectivity index (χ0n) is 13.0. The number of hydrogen-bond acceptors (Lipinski definition) is 4. The maximum absolute atomic E-state index is 12.8. The highest BCUT2D eigenvalue weighted by Crippen LogP contribution is 2.35. The summed E-state index contributed by atoms with van der Waals surface area (Å²) in [7, 11) is 1.88. The minimum Gasteiger partial charge on any atom is -0.361 e. The van der Waals surface area contributed by atoms with Crippen LogP contribution in [0.2, 0.25) is 0 Å². The van der Waals surface area contributed by atoms with Crippen molar-refractivity contribution in [1.82, 2.24) is 15.4 Å². The quantitative estimate of drug-likeness (QED) is 0.916. The van der Waals surface area contributed by atoms with Crippen LogP contribution in [0.25, 0.3) is 0 Å². The van der Waals surface area contributed by atoms with Crippen molar-refractivity contribution in [3.05, 3.63) is 17.0 Å². The van der Waals surface area contributed by atoms with E-state index in [0.29, 0.717) is 6.54 Å². The lowest BCUT2D eigenvalue weighted by molar-refractivity contribution is -0.143. The van der Waals surface area contributed by atoms with Crippen molar-refractivity contribution in [2.75, 3.05) is 20.1 Å². The van der Waals surface area contributed by atoms with Gasteiger partial charge in [-0.25, -0.2) is 0 Å². The van der Waals surface area contributed by atoms with E-state index < -0.39 is 0 Å². The van der Waals surface area contributed by atoms with Crippen molar-refractivity contribution >= 4 is 5.91 Å². The van der Waals surface area contributed by atoms with Gasteiger partial charge < -0.3 is 14.7 Å². The second-order valence-electron chi connectivity index (χ2n) is 5.85. The summed E-state index contributed by atoms with van der Waals surface area (Å²) < 4.78 is 5.17. The molecule has 0 bridgehead atoms. The summed E-state index contributed by atoms with van der Waals surface area (Å²) in [5, 5.41) is 7.29. The molecule has 0 saturated carbocycles. The summed E-state index contributed by atoms with van der Waals surface area (Å²) in [6.45, 7) is 8.37. The van der Waals surface area contributed by atoms with Gasteiger partial charge in [-0.1, -0.05) is 12.1 Å². The molecular formula is C15H25N3O2. The minimum atomic E-state index is -0.195. The van der Waals surface area contributed by atoms with E-state index in [1.165, 1.54) is 0 Å². The summed E-state index contributed by atoms with van der Waals surface area (Å²) in [5.74, 6) is 1.06. The summed E-state index contributed by atoms with van der Waals surface area (Å²) in [4.78, 5) is 14.7. The van der Waals surface area contributed by atoms with E-state index in [2.05, 4.69) is 17.4 Å². The molecular weight excluding hydrogens is 254 g/mol. The number of aromatic nitrogens is 1. The van der Waals surface area contributed by atoms with Gasteiger partial charge in [0.1, 0.15) is 5.76 Å². The largest absolute Gasteiger partial charge is 0.361 e. The first-order valence-electron chi connectivity index (χ1n) is 7.38. The van der Waals surface area contributed by atoms with Crippen LogP contribution in [0.3, 0.4) is 0 Å². The molecule has 0 unspecified atom stereocenters. The molecule has 2 rings (SSSR count). The normalized spacial score (nSPS) is 18.0. The molecule has 0 atom stereocenters. The van der Waals surface area contributed by atoms with Crippen LogP contribution < -0.4 is 5.32 Å². The average Bonchev–Trinajstić information content (AvgIpc) is 2.79. The van der Waals surface area contributed by atoms with E-state index in [-0.39, 0.29) is 11.3 Å². The third-order valence-electron chi connectivity index (χ3n) is 4.61. The molecule has 0 aliphatic carbocycles. The molecule has 1 saturated heterocycles. The van der Waals surface area contributed by atoms with Crippen LogP contribution in [0.5, 0.6) is 0 Å². The molecule has 0 aromatic carbocycles. The van der Waals surface area contributed by atoms with Crippen molar-refractivity contribution < 1.29 is 9.32 Å². The number of amides is 1. The molecule has 20 heavy (non-hydrogen) atoms. The number of nitrogens with one attached hydrogen (secondary N) is 1. The minimum absolute atomic E-state index is 0.195. The van der Waals surface area contributed by atoms with Crippen molar-refractivity contribution in [1.29, 1.82) is 0 Å². The Morgan fingerprint density at radius 3 is 2.55 bits per heavy atom. The third kappa shape index (κ3) is 2.73. The molecule has 1 N–H and O–H groups in total. The number of rotatable bonds is 4. The topological polar surface area (TPSA) is 58.4 Å². The lowest BCUT2D eigenvalue weighted by Gasteiger charge is -2.38. The van der Waals surface area contributed by atoms with Crippen molar-refractivity contribution in [2.45, 2.75) is 46.6 Å². The third-order valence-corrected chi connectivity index (χ3v) is 4.61. The molecule has 1 fully saturated rings. The second kappa shape index (κ2) is 5.95. The van der Waals surface area contributed by atoms with E-state index in [9.17, 15) is 4.79 Å². The van der Waals surface area contributed by atoms with Gasteiger partial charge in [0.25, 0.3) is 0 Å². The summed E-state index contributed by atoms with van der Waals surface area (Å²) in [6, 6.07) is 0. The predicted molar refractivity (Wildman–Crippen MR) is 77.3 cm³/mol. The van der Waals surface area contributed by atoms with E-state index in [1.807, 2.05) is 25.8 Å². The first-order chi connectivity index (χ1) is 9.50. The van der Waals surface area contributed by atoms with Crippen molar-refractivity contribution in [3.63, 3.8) is 0 Å². The molecule has 0 spiro atoms. The Balaban J connectivity index is 2.11. The second-order valence-corrected chi connectivity index (χ2v) is 5.85. The smallest absolute Gasteiger partial charge is 0.228 e. The molecule has 1 aliphatic heterocycles. The Kier molecular flexibility index (Phi) is 4.48. The number of piperidine rings is 1. The molecule has 1 aliphatic rings. The van der Waals surface area contributed by atoms with Crippen LogP contribution in [-0.4, -0.2) is 36.1 Å². The van der Waals surface area contributed by atoms with E-state index in [0.717, 1.165) is 49.4 Å². The van der Waals surface area contributed by atoms with Crippen LogP contribution in [-0.2, 0) is 11.3 Å². The van der Waals surface area contributed by atoms with Gasteiger partial charge in [0, 0.05) is 12.6 Å². The molecule has 0 radical (unpaired) electrons. The van der Waals surface area contributed by atoms with Gasteiger partial charge >= 0.3 is 0 Å². The Morgan fingerprint density at radius 2 is 2.05 bits per heavy atom. The molecule has 1 aromatic rings. The summed E-state index contributed by atoms with van der Waals surface area (Å²) in [6.07, 6.45) is 2.75. The van der Waals surface area contributed by atoms with Crippen LogP contribution in [0.1, 0.15) is 43.2 Å². The van der Waals surface area contributed by atoms with Crippen molar-refractivity contribution in [3.8, 4) is 0 Å². The van der Waals surface area contributed by atoms with E-state index in [4.69, 9.17) is 4.52 Å². The molecule has 5 nitrogen and oxygen atoms in total. The number of carbonyl (C=O) groups is 1. The standard InChI is InChI=1S/C15H25N3O2/c1-5-15(6-8-16-9-7-15)14(19)18(4)10-13-11(2)17-20-12(13)3/h16H,5-10H2,1-4H3. The van der Waals surface area contributed by atoms with Crippen molar-refractivity contribution in [2.24, 2.45) is 5.41 Å². The van der Waals surface area contributed by atoms with Crippen LogP contribution in [0, 0.1) is 19.3 Å². The maximum atomic E-state index is 12.8. The van der Waals surface area contributed by atoms with Gasteiger partial charge in [-0.15, -0.1) is 0 Å². The number of aryl methyl sites for hydroxylation is 2. The Morgan fingerprint density at radius 1 is 1.40 bits per heavy atom. The summed E-state index contributed by atoms with van der Waals surface area (Å²) in [5.41, 5.74) is 1.71. The average molecular weight is 279 g/mol. The predicted octanol–water partition coefficient (Wildman–Crippen LogP) is 2.03. The monoisotopic (exact) mass is 279 g/mol.